The minimum atomic E-state index is -3.14. The quantitative estimate of drug-likeness (QED) is 0.556. The molecule has 0 saturated heterocycles. The Balaban J connectivity index is 2.17. The predicted octanol–water partition coefficient (Wildman–Crippen LogP) is -0.296. The Bertz CT molecular complexity index is 375. The van der Waals surface area contributed by atoms with Crippen LogP contribution in [0.1, 0.15) is 39.0 Å². The van der Waals surface area contributed by atoms with Gasteiger partial charge in [0.1, 0.15) is 0 Å². The fourth-order valence-corrected chi connectivity index (χ4v) is 2.69. The van der Waals surface area contributed by atoms with Gasteiger partial charge in [-0.2, -0.15) is 0 Å². The third-order valence-corrected chi connectivity index (χ3v) is 4.69. The Labute approximate surface area is 109 Å². The minimum Gasteiger partial charge on any atom is -0.354 e. The van der Waals surface area contributed by atoms with Crippen molar-refractivity contribution in [3.05, 3.63) is 0 Å². The van der Waals surface area contributed by atoms with E-state index < -0.39 is 15.6 Å². The van der Waals surface area contributed by atoms with Gasteiger partial charge in [-0.1, -0.05) is 12.8 Å². The lowest BCUT2D eigenvalue weighted by Crippen LogP contribution is -2.52. The van der Waals surface area contributed by atoms with E-state index in [1.807, 2.05) is 0 Å². The van der Waals surface area contributed by atoms with E-state index in [0.717, 1.165) is 25.7 Å². The van der Waals surface area contributed by atoms with Crippen LogP contribution in [0.15, 0.2) is 0 Å². The Morgan fingerprint density at radius 1 is 1.28 bits per heavy atom. The molecule has 4 N–H and O–H groups in total. The number of hydrogen-bond acceptors (Lipinski definition) is 4. The monoisotopic (exact) mass is 277 g/mol. The summed E-state index contributed by atoms with van der Waals surface area (Å²) >= 11 is 0. The van der Waals surface area contributed by atoms with E-state index in [0.29, 0.717) is 19.5 Å². The van der Waals surface area contributed by atoms with E-state index >= 15 is 0 Å². The molecule has 6 nitrogen and oxygen atoms in total. The Hall–Kier alpha value is -0.660. The molecule has 1 saturated carbocycles. The summed E-state index contributed by atoms with van der Waals surface area (Å²) in [7, 11) is -3.14. The van der Waals surface area contributed by atoms with Crippen LogP contribution in [0.5, 0.6) is 0 Å². The molecule has 7 heteroatoms. The van der Waals surface area contributed by atoms with E-state index in [1.165, 1.54) is 0 Å². The van der Waals surface area contributed by atoms with Crippen LogP contribution >= 0.6 is 0 Å². The van der Waals surface area contributed by atoms with Crippen LogP contribution < -0.4 is 15.8 Å². The molecule has 1 aliphatic rings. The molecule has 106 valence electrons. The highest BCUT2D eigenvalue weighted by atomic mass is 32.2. The summed E-state index contributed by atoms with van der Waals surface area (Å²) in [5, 5.41) is 2.77. The molecule has 1 rings (SSSR count). The van der Waals surface area contributed by atoms with E-state index in [2.05, 4.69) is 10.0 Å². The summed E-state index contributed by atoms with van der Waals surface area (Å²) in [5.74, 6) is -0.0380. The third-order valence-electron chi connectivity index (χ3n) is 3.29. The number of nitrogens with two attached hydrogens (primary N) is 1. The molecule has 0 bridgehead atoms. The van der Waals surface area contributed by atoms with Crippen molar-refractivity contribution in [2.24, 2.45) is 5.73 Å². The van der Waals surface area contributed by atoms with Crippen LogP contribution in [-0.2, 0) is 14.8 Å². The molecule has 0 aromatic carbocycles. The van der Waals surface area contributed by atoms with Gasteiger partial charge < -0.3 is 11.1 Å². The van der Waals surface area contributed by atoms with Crippen molar-refractivity contribution in [3.8, 4) is 0 Å². The number of rotatable bonds is 7. The molecule has 0 aromatic heterocycles. The van der Waals surface area contributed by atoms with Crippen molar-refractivity contribution in [2.75, 3.05) is 18.8 Å². The Kier molecular flexibility index (Phi) is 5.55. The molecular formula is C11H23N3O3S. The molecule has 18 heavy (non-hydrogen) atoms. The Morgan fingerprint density at radius 3 is 2.44 bits per heavy atom. The molecule has 0 aliphatic heterocycles. The highest BCUT2D eigenvalue weighted by Gasteiger charge is 2.36. The summed E-state index contributed by atoms with van der Waals surface area (Å²) in [6, 6.07) is 0. The third kappa shape index (κ3) is 4.55. The highest BCUT2D eigenvalue weighted by molar-refractivity contribution is 7.89. The number of nitrogens with one attached hydrogen (secondary N) is 2. The SMILES string of the molecule is CCS(=O)(=O)NCCCNC(=O)C1(N)CCCC1. The Morgan fingerprint density at radius 2 is 1.89 bits per heavy atom. The van der Waals surface area contributed by atoms with Crippen molar-refractivity contribution in [2.45, 2.75) is 44.6 Å². The first-order chi connectivity index (χ1) is 8.40. The van der Waals surface area contributed by atoms with Gasteiger partial charge in [0.15, 0.2) is 0 Å². The number of carbonyl (C=O) groups is 1. The molecule has 0 aromatic rings. The summed E-state index contributed by atoms with van der Waals surface area (Å²) in [6.45, 7) is 2.38. The fraction of sp³-hybridized carbons (Fsp3) is 0.909. The van der Waals surface area contributed by atoms with Gasteiger partial charge in [-0.15, -0.1) is 0 Å². The molecule has 0 heterocycles. The van der Waals surface area contributed by atoms with Crippen molar-refractivity contribution in [3.63, 3.8) is 0 Å². The van der Waals surface area contributed by atoms with Crippen LogP contribution in [0, 0.1) is 0 Å². The molecule has 1 aliphatic carbocycles. The molecule has 1 amide bonds. The molecule has 0 unspecified atom stereocenters. The molecule has 0 radical (unpaired) electrons. The van der Waals surface area contributed by atoms with Gasteiger partial charge in [-0.05, 0) is 26.2 Å². The van der Waals surface area contributed by atoms with Crippen molar-refractivity contribution < 1.29 is 13.2 Å². The summed E-state index contributed by atoms with van der Waals surface area (Å²) in [6.07, 6.45) is 4.05. The standard InChI is InChI=1S/C11H23N3O3S/c1-2-18(16,17)14-9-5-8-13-10(15)11(12)6-3-4-7-11/h14H,2-9,12H2,1H3,(H,13,15). The molecular weight excluding hydrogens is 254 g/mol. The number of sulfonamides is 1. The van der Waals surface area contributed by atoms with Gasteiger partial charge in [-0.25, -0.2) is 13.1 Å². The molecule has 0 spiro atoms. The van der Waals surface area contributed by atoms with E-state index in [1.54, 1.807) is 6.92 Å². The van der Waals surface area contributed by atoms with Gasteiger partial charge in [0.25, 0.3) is 0 Å². The first-order valence-electron chi connectivity index (χ1n) is 6.44. The van der Waals surface area contributed by atoms with E-state index in [-0.39, 0.29) is 11.7 Å². The highest BCUT2D eigenvalue weighted by Crippen LogP contribution is 2.27. The zero-order valence-corrected chi connectivity index (χ0v) is 11.7. The lowest BCUT2D eigenvalue weighted by atomic mass is 9.98. The van der Waals surface area contributed by atoms with E-state index in [4.69, 9.17) is 5.73 Å². The zero-order valence-electron chi connectivity index (χ0n) is 10.9. The topological polar surface area (TPSA) is 101 Å². The maximum atomic E-state index is 11.8. The maximum absolute atomic E-state index is 11.8. The van der Waals surface area contributed by atoms with Gasteiger partial charge in [-0.3, -0.25) is 4.79 Å². The number of carbonyl (C=O) groups excluding carboxylic acids is 1. The lowest BCUT2D eigenvalue weighted by Gasteiger charge is -2.22. The number of hydrogen-bond donors (Lipinski definition) is 3. The average Bonchev–Trinajstić information content (AvgIpc) is 2.77. The summed E-state index contributed by atoms with van der Waals surface area (Å²) < 4.78 is 24.7. The lowest BCUT2D eigenvalue weighted by molar-refractivity contribution is -0.126. The number of amides is 1. The maximum Gasteiger partial charge on any atom is 0.240 e. The second-order valence-corrected chi connectivity index (χ2v) is 6.87. The van der Waals surface area contributed by atoms with Crippen LogP contribution in [0.2, 0.25) is 0 Å². The fourth-order valence-electron chi connectivity index (χ4n) is 2.03. The molecule has 0 atom stereocenters. The van der Waals surface area contributed by atoms with Crippen molar-refractivity contribution >= 4 is 15.9 Å². The normalized spacial score (nSPS) is 18.8. The van der Waals surface area contributed by atoms with Crippen LogP contribution in [-0.4, -0.2) is 38.7 Å². The van der Waals surface area contributed by atoms with Gasteiger partial charge in [0.2, 0.25) is 15.9 Å². The smallest absolute Gasteiger partial charge is 0.240 e. The van der Waals surface area contributed by atoms with Crippen molar-refractivity contribution in [1.82, 2.24) is 10.0 Å². The van der Waals surface area contributed by atoms with Crippen LogP contribution in [0.3, 0.4) is 0 Å². The van der Waals surface area contributed by atoms with Crippen LogP contribution in [0.4, 0.5) is 0 Å². The minimum absolute atomic E-state index is 0.0747. The predicted molar refractivity (Wildman–Crippen MR) is 70.5 cm³/mol. The first-order valence-corrected chi connectivity index (χ1v) is 8.09. The molecule has 1 fully saturated rings. The second-order valence-electron chi connectivity index (χ2n) is 4.77. The van der Waals surface area contributed by atoms with Crippen molar-refractivity contribution in [1.29, 1.82) is 0 Å². The first kappa shape index (κ1) is 15.4. The summed E-state index contributed by atoms with van der Waals surface area (Å²) in [5.41, 5.74) is 5.28. The van der Waals surface area contributed by atoms with Crippen LogP contribution in [0.25, 0.3) is 0 Å². The zero-order chi connectivity index (χ0) is 13.6. The summed E-state index contributed by atoms with van der Waals surface area (Å²) in [4.78, 5) is 11.8. The average molecular weight is 277 g/mol. The van der Waals surface area contributed by atoms with Gasteiger partial charge in [0.05, 0.1) is 11.3 Å². The second kappa shape index (κ2) is 6.49. The largest absolute Gasteiger partial charge is 0.354 e. The van der Waals surface area contributed by atoms with Gasteiger partial charge in [0, 0.05) is 13.1 Å². The van der Waals surface area contributed by atoms with E-state index in [9.17, 15) is 13.2 Å². The van der Waals surface area contributed by atoms with Gasteiger partial charge >= 0.3 is 0 Å².